The third-order valence-corrected chi connectivity index (χ3v) is 2.76. The van der Waals surface area contributed by atoms with E-state index in [2.05, 4.69) is 0 Å². The van der Waals surface area contributed by atoms with Crippen molar-refractivity contribution in [1.82, 2.24) is 0 Å². The standard InChI is InChI=1S/C15H17NO2/c1-10-8-12(16)9-11(2)15(10)18-14-7-5-4-6-13(14)17-3/h4-9H,16H2,1-3H3. The maximum absolute atomic E-state index is 5.94. The van der Waals surface area contributed by atoms with Gasteiger partial charge in [0.25, 0.3) is 0 Å². The Labute approximate surface area is 107 Å². The molecule has 0 amide bonds. The normalized spacial score (nSPS) is 10.2. The van der Waals surface area contributed by atoms with E-state index in [1.54, 1.807) is 7.11 Å². The lowest BCUT2D eigenvalue weighted by atomic mass is 10.1. The first kappa shape index (κ1) is 12.3. The van der Waals surface area contributed by atoms with Crippen molar-refractivity contribution in [2.45, 2.75) is 13.8 Å². The van der Waals surface area contributed by atoms with Gasteiger partial charge in [0, 0.05) is 5.69 Å². The molecule has 0 aromatic heterocycles. The predicted octanol–water partition coefficient (Wildman–Crippen LogP) is 3.69. The van der Waals surface area contributed by atoms with Crippen LogP contribution in [0.3, 0.4) is 0 Å². The number of methoxy groups -OCH3 is 1. The number of nitrogens with two attached hydrogens (primary N) is 1. The molecule has 2 rings (SSSR count). The molecule has 18 heavy (non-hydrogen) atoms. The summed E-state index contributed by atoms with van der Waals surface area (Å²) in [5.74, 6) is 2.25. The number of benzene rings is 2. The van der Waals surface area contributed by atoms with Crippen molar-refractivity contribution in [3.05, 3.63) is 47.5 Å². The van der Waals surface area contributed by atoms with Gasteiger partial charge in [-0.3, -0.25) is 0 Å². The van der Waals surface area contributed by atoms with E-state index in [1.807, 2.05) is 50.2 Å². The Balaban J connectivity index is 2.40. The summed E-state index contributed by atoms with van der Waals surface area (Å²) in [6.07, 6.45) is 0. The minimum atomic E-state index is 0.705. The molecule has 94 valence electrons. The Bertz CT molecular complexity index is 541. The largest absolute Gasteiger partial charge is 0.493 e. The van der Waals surface area contributed by atoms with E-state index in [0.717, 1.165) is 22.6 Å². The van der Waals surface area contributed by atoms with Gasteiger partial charge in [-0.15, -0.1) is 0 Å². The van der Waals surface area contributed by atoms with Gasteiger partial charge in [-0.1, -0.05) is 12.1 Å². The molecule has 0 radical (unpaired) electrons. The number of aryl methyl sites for hydroxylation is 2. The Morgan fingerprint density at radius 3 is 2.06 bits per heavy atom. The first-order chi connectivity index (χ1) is 8.61. The van der Waals surface area contributed by atoms with Crippen molar-refractivity contribution in [2.24, 2.45) is 0 Å². The molecule has 2 aromatic rings. The topological polar surface area (TPSA) is 44.5 Å². The smallest absolute Gasteiger partial charge is 0.169 e. The van der Waals surface area contributed by atoms with Crippen LogP contribution in [-0.4, -0.2) is 7.11 Å². The lowest BCUT2D eigenvalue weighted by molar-refractivity contribution is 0.377. The summed E-state index contributed by atoms with van der Waals surface area (Å²) in [4.78, 5) is 0. The number of hydrogen-bond acceptors (Lipinski definition) is 3. The molecule has 0 aliphatic rings. The van der Waals surface area contributed by atoms with Crippen molar-refractivity contribution in [2.75, 3.05) is 12.8 Å². The average molecular weight is 243 g/mol. The highest BCUT2D eigenvalue weighted by atomic mass is 16.5. The van der Waals surface area contributed by atoms with E-state index in [9.17, 15) is 0 Å². The summed E-state index contributed by atoms with van der Waals surface area (Å²) in [6.45, 7) is 3.96. The molecule has 0 heterocycles. The number of hydrogen-bond donors (Lipinski definition) is 1. The van der Waals surface area contributed by atoms with Crippen LogP contribution in [0.25, 0.3) is 0 Å². The quantitative estimate of drug-likeness (QED) is 0.836. The average Bonchev–Trinajstić information content (AvgIpc) is 2.34. The third kappa shape index (κ3) is 2.40. The zero-order chi connectivity index (χ0) is 13.1. The first-order valence-electron chi connectivity index (χ1n) is 5.79. The van der Waals surface area contributed by atoms with Crippen LogP contribution >= 0.6 is 0 Å². The molecule has 2 aromatic carbocycles. The molecule has 0 aliphatic heterocycles. The molecule has 0 atom stereocenters. The number of rotatable bonds is 3. The molecular weight excluding hydrogens is 226 g/mol. The summed E-state index contributed by atoms with van der Waals surface area (Å²) in [7, 11) is 1.63. The van der Waals surface area contributed by atoms with Crippen LogP contribution in [0.5, 0.6) is 17.2 Å². The summed E-state index contributed by atoms with van der Waals surface area (Å²) in [5, 5.41) is 0. The van der Waals surface area contributed by atoms with E-state index in [1.165, 1.54) is 0 Å². The second kappa shape index (κ2) is 5.00. The van der Waals surface area contributed by atoms with Gasteiger partial charge in [0.15, 0.2) is 11.5 Å². The summed E-state index contributed by atoms with van der Waals surface area (Å²) in [5.41, 5.74) is 8.57. The summed E-state index contributed by atoms with van der Waals surface area (Å²) >= 11 is 0. The van der Waals surface area contributed by atoms with Crippen LogP contribution in [0.1, 0.15) is 11.1 Å². The van der Waals surface area contributed by atoms with Gasteiger partial charge in [0.05, 0.1) is 7.11 Å². The van der Waals surface area contributed by atoms with Crippen molar-refractivity contribution in [3.63, 3.8) is 0 Å². The summed E-state index contributed by atoms with van der Waals surface area (Å²) in [6, 6.07) is 11.4. The highest BCUT2D eigenvalue weighted by Gasteiger charge is 2.09. The van der Waals surface area contributed by atoms with Gasteiger partial charge in [-0.2, -0.15) is 0 Å². The molecule has 3 nitrogen and oxygen atoms in total. The molecule has 0 saturated heterocycles. The predicted molar refractivity (Wildman–Crippen MR) is 73.4 cm³/mol. The number of nitrogen functional groups attached to an aromatic ring is 1. The molecule has 0 aliphatic carbocycles. The number of anilines is 1. The van der Waals surface area contributed by atoms with E-state index in [4.69, 9.17) is 15.2 Å². The highest BCUT2D eigenvalue weighted by Crippen LogP contribution is 2.35. The molecule has 0 spiro atoms. The molecule has 0 saturated carbocycles. The van der Waals surface area contributed by atoms with Crippen LogP contribution in [-0.2, 0) is 0 Å². The molecule has 0 unspecified atom stereocenters. The van der Waals surface area contributed by atoms with E-state index >= 15 is 0 Å². The minimum absolute atomic E-state index is 0.705. The lowest BCUT2D eigenvalue weighted by Crippen LogP contribution is -1.96. The molecule has 3 heteroatoms. The van der Waals surface area contributed by atoms with Crippen molar-refractivity contribution >= 4 is 5.69 Å². The van der Waals surface area contributed by atoms with E-state index in [-0.39, 0.29) is 0 Å². The summed E-state index contributed by atoms with van der Waals surface area (Å²) < 4.78 is 11.2. The van der Waals surface area contributed by atoms with Gasteiger partial charge < -0.3 is 15.2 Å². The fraction of sp³-hybridized carbons (Fsp3) is 0.200. The minimum Gasteiger partial charge on any atom is -0.493 e. The molecule has 2 N–H and O–H groups in total. The van der Waals surface area contributed by atoms with Crippen LogP contribution in [0.15, 0.2) is 36.4 Å². The third-order valence-electron chi connectivity index (χ3n) is 2.76. The van der Waals surface area contributed by atoms with Gasteiger partial charge in [-0.05, 0) is 49.2 Å². The maximum atomic E-state index is 5.94. The van der Waals surface area contributed by atoms with Crippen molar-refractivity contribution in [1.29, 1.82) is 0 Å². The second-order valence-corrected chi connectivity index (χ2v) is 4.24. The fourth-order valence-corrected chi connectivity index (χ4v) is 1.96. The Morgan fingerprint density at radius 1 is 0.944 bits per heavy atom. The molecule has 0 bridgehead atoms. The van der Waals surface area contributed by atoms with Gasteiger partial charge in [0.1, 0.15) is 5.75 Å². The maximum Gasteiger partial charge on any atom is 0.169 e. The van der Waals surface area contributed by atoms with Gasteiger partial charge in [-0.25, -0.2) is 0 Å². The van der Waals surface area contributed by atoms with E-state index < -0.39 is 0 Å². The van der Waals surface area contributed by atoms with Crippen LogP contribution in [0, 0.1) is 13.8 Å². The zero-order valence-electron chi connectivity index (χ0n) is 10.9. The zero-order valence-corrected chi connectivity index (χ0v) is 10.9. The Kier molecular flexibility index (Phi) is 3.42. The van der Waals surface area contributed by atoms with Crippen LogP contribution in [0.4, 0.5) is 5.69 Å². The molecule has 0 fully saturated rings. The number of ether oxygens (including phenoxy) is 2. The fourth-order valence-electron chi connectivity index (χ4n) is 1.96. The van der Waals surface area contributed by atoms with Crippen LogP contribution < -0.4 is 15.2 Å². The first-order valence-corrected chi connectivity index (χ1v) is 5.79. The monoisotopic (exact) mass is 243 g/mol. The molecular formula is C15H17NO2. The van der Waals surface area contributed by atoms with Gasteiger partial charge >= 0.3 is 0 Å². The Morgan fingerprint density at radius 2 is 1.50 bits per heavy atom. The van der Waals surface area contributed by atoms with Gasteiger partial charge in [0.2, 0.25) is 0 Å². The highest BCUT2D eigenvalue weighted by molar-refractivity contribution is 5.54. The van der Waals surface area contributed by atoms with E-state index in [0.29, 0.717) is 11.5 Å². The van der Waals surface area contributed by atoms with Crippen molar-refractivity contribution < 1.29 is 9.47 Å². The lowest BCUT2D eigenvalue weighted by Gasteiger charge is -2.14. The Hall–Kier alpha value is -2.16. The van der Waals surface area contributed by atoms with Crippen LogP contribution in [0.2, 0.25) is 0 Å². The SMILES string of the molecule is COc1ccccc1Oc1c(C)cc(N)cc1C. The number of para-hydroxylation sites is 2. The van der Waals surface area contributed by atoms with Crippen molar-refractivity contribution in [3.8, 4) is 17.2 Å². The second-order valence-electron chi connectivity index (χ2n) is 4.24.